The SMILES string of the molecule is NC1CCN(C(=O)c2[nH]c3ccc(F)c(Cl)c3c2Cl)CC1. The fraction of sp³-hybridized carbons (Fsp3) is 0.357. The lowest BCUT2D eigenvalue weighted by molar-refractivity contribution is 0.0710. The molecule has 1 saturated heterocycles. The molecule has 1 amide bonds. The maximum atomic E-state index is 13.5. The molecule has 0 aliphatic carbocycles. The largest absolute Gasteiger partial charge is 0.349 e. The predicted octanol–water partition coefficient (Wildman–Crippen LogP) is 3.18. The predicted molar refractivity (Wildman–Crippen MR) is 81.4 cm³/mol. The van der Waals surface area contributed by atoms with Gasteiger partial charge in [-0.15, -0.1) is 0 Å². The molecule has 0 unspecified atom stereocenters. The molecule has 2 heterocycles. The van der Waals surface area contributed by atoms with Crippen LogP contribution in [-0.4, -0.2) is 34.9 Å². The highest BCUT2D eigenvalue weighted by Gasteiger charge is 2.26. The van der Waals surface area contributed by atoms with Crippen molar-refractivity contribution in [2.45, 2.75) is 18.9 Å². The molecule has 7 heteroatoms. The number of aromatic nitrogens is 1. The normalized spacial score (nSPS) is 16.7. The number of aromatic amines is 1. The third-order valence-corrected chi connectivity index (χ3v) is 4.58. The van der Waals surface area contributed by atoms with Crippen LogP contribution in [0.1, 0.15) is 23.3 Å². The van der Waals surface area contributed by atoms with Gasteiger partial charge in [-0.1, -0.05) is 23.2 Å². The number of carbonyl (C=O) groups is 1. The number of likely N-dealkylation sites (tertiary alicyclic amines) is 1. The minimum atomic E-state index is -0.562. The van der Waals surface area contributed by atoms with E-state index in [1.165, 1.54) is 12.1 Å². The zero-order valence-corrected chi connectivity index (χ0v) is 12.6. The maximum Gasteiger partial charge on any atom is 0.271 e. The Labute approximate surface area is 131 Å². The molecule has 0 atom stereocenters. The number of hydrogen-bond donors (Lipinski definition) is 2. The van der Waals surface area contributed by atoms with Gasteiger partial charge in [0.25, 0.3) is 5.91 Å². The highest BCUT2D eigenvalue weighted by Crippen LogP contribution is 2.35. The summed E-state index contributed by atoms with van der Waals surface area (Å²) in [5.41, 5.74) is 6.62. The molecule has 1 fully saturated rings. The molecule has 112 valence electrons. The summed E-state index contributed by atoms with van der Waals surface area (Å²) in [7, 11) is 0. The average Bonchev–Trinajstić information content (AvgIpc) is 2.81. The molecule has 4 nitrogen and oxygen atoms in total. The van der Waals surface area contributed by atoms with Gasteiger partial charge in [0.05, 0.1) is 10.0 Å². The lowest BCUT2D eigenvalue weighted by Gasteiger charge is -2.29. The minimum Gasteiger partial charge on any atom is -0.349 e. The number of nitrogens with zero attached hydrogens (tertiary/aromatic N) is 1. The van der Waals surface area contributed by atoms with Crippen LogP contribution in [-0.2, 0) is 0 Å². The van der Waals surface area contributed by atoms with Crippen molar-refractivity contribution in [2.24, 2.45) is 5.73 Å². The lowest BCUT2D eigenvalue weighted by Crippen LogP contribution is -2.43. The molecule has 0 spiro atoms. The number of nitrogens with one attached hydrogen (secondary N) is 1. The standard InChI is InChI=1S/C14H14Cl2FN3O/c15-11-8(17)1-2-9-10(11)12(16)13(19-9)14(21)20-5-3-7(18)4-6-20/h1-2,7,19H,3-6,18H2. The van der Waals surface area contributed by atoms with Crippen molar-refractivity contribution in [3.63, 3.8) is 0 Å². The van der Waals surface area contributed by atoms with Crippen LogP contribution in [0.2, 0.25) is 10.0 Å². The third kappa shape index (κ3) is 2.50. The summed E-state index contributed by atoms with van der Waals surface area (Å²) in [5, 5.41) is 0.429. The molecule has 1 aromatic heterocycles. The summed E-state index contributed by atoms with van der Waals surface area (Å²) >= 11 is 12.2. The Morgan fingerprint density at radius 3 is 2.62 bits per heavy atom. The van der Waals surface area contributed by atoms with Gasteiger partial charge >= 0.3 is 0 Å². The van der Waals surface area contributed by atoms with E-state index in [0.29, 0.717) is 24.0 Å². The number of rotatable bonds is 1. The Morgan fingerprint density at radius 1 is 1.29 bits per heavy atom. The van der Waals surface area contributed by atoms with E-state index in [-0.39, 0.29) is 27.7 Å². The molecule has 21 heavy (non-hydrogen) atoms. The van der Waals surface area contributed by atoms with Crippen molar-refractivity contribution in [1.82, 2.24) is 9.88 Å². The number of amides is 1. The quantitative estimate of drug-likeness (QED) is 0.844. The molecule has 1 aliphatic heterocycles. The number of fused-ring (bicyclic) bond motifs is 1. The smallest absolute Gasteiger partial charge is 0.271 e. The zero-order chi connectivity index (χ0) is 15.1. The maximum absolute atomic E-state index is 13.5. The summed E-state index contributed by atoms with van der Waals surface area (Å²) in [5.74, 6) is -0.771. The van der Waals surface area contributed by atoms with Crippen molar-refractivity contribution in [3.8, 4) is 0 Å². The van der Waals surface area contributed by atoms with Crippen molar-refractivity contribution in [2.75, 3.05) is 13.1 Å². The second-order valence-corrected chi connectivity index (χ2v) is 5.98. The van der Waals surface area contributed by atoms with E-state index in [4.69, 9.17) is 28.9 Å². The first-order valence-corrected chi connectivity index (χ1v) is 7.44. The summed E-state index contributed by atoms with van der Waals surface area (Å²) < 4.78 is 13.5. The number of piperidine rings is 1. The van der Waals surface area contributed by atoms with Crippen molar-refractivity contribution >= 4 is 40.0 Å². The second-order valence-electron chi connectivity index (χ2n) is 5.23. The first kappa shape index (κ1) is 14.6. The Kier molecular flexibility index (Phi) is 3.82. The number of hydrogen-bond acceptors (Lipinski definition) is 2. The van der Waals surface area contributed by atoms with Crippen molar-refractivity contribution < 1.29 is 9.18 Å². The highest BCUT2D eigenvalue weighted by atomic mass is 35.5. The van der Waals surface area contributed by atoms with Gasteiger partial charge in [0, 0.05) is 30.0 Å². The molecule has 3 N–H and O–H groups in total. The molecule has 0 radical (unpaired) electrons. The highest BCUT2D eigenvalue weighted by molar-refractivity contribution is 6.44. The number of benzene rings is 1. The number of halogens is 3. The van der Waals surface area contributed by atoms with Crippen LogP contribution in [0.3, 0.4) is 0 Å². The van der Waals surface area contributed by atoms with Gasteiger partial charge in [-0.05, 0) is 25.0 Å². The van der Waals surface area contributed by atoms with Crippen LogP contribution >= 0.6 is 23.2 Å². The molecule has 3 rings (SSSR count). The Morgan fingerprint density at radius 2 is 1.95 bits per heavy atom. The molecule has 1 aromatic carbocycles. The molecule has 0 bridgehead atoms. The van der Waals surface area contributed by atoms with E-state index >= 15 is 0 Å². The summed E-state index contributed by atoms with van der Waals surface area (Å²) in [4.78, 5) is 17.2. The summed E-state index contributed by atoms with van der Waals surface area (Å²) in [6.07, 6.45) is 1.53. The van der Waals surface area contributed by atoms with E-state index in [0.717, 1.165) is 12.8 Å². The van der Waals surface area contributed by atoms with Crippen LogP contribution < -0.4 is 5.73 Å². The first-order chi connectivity index (χ1) is 9.99. The van der Waals surface area contributed by atoms with E-state index in [9.17, 15) is 9.18 Å². The van der Waals surface area contributed by atoms with Crippen LogP contribution in [0.5, 0.6) is 0 Å². The fourth-order valence-electron chi connectivity index (χ4n) is 2.59. The Hall–Kier alpha value is -1.30. The molecule has 2 aromatic rings. The van der Waals surface area contributed by atoms with Gasteiger partial charge < -0.3 is 15.6 Å². The molecule has 0 saturated carbocycles. The van der Waals surface area contributed by atoms with Gasteiger partial charge in [-0.3, -0.25) is 4.79 Å². The number of H-pyrrole nitrogens is 1. The average molecular weight is 330 g/mol. The minimum absolute atomic E-state index is 0.0755. The fourth-order valence-corrected chi connectivity index (χ4v) is 3.22. The van der Waals surface area contributed by atoms with Gasteiger partial charge in [0.2, 0.25) is 0 Å². The summed E-state index contributed by atoms with van der Waals surface area (Å²) in [6, 6.07) is 2.90. The van der Waals surface area contributed by atoms with E-state index in [1.54, 1.807) is 4.90 Å². The number of nitrogens with two attached hydrogens (primary N) is 1. The third-order valence-electron chi connectivity index (χ3n) is 3.83. The Bertz CT molecular complexity index is 708. The second kappa shape index (κ2) is 5.48. The van der Waals surface area contributed by atoms with Gasteiger partial charge in [-0.2, -0.15) is 0 Å². The van der Waals surface area contributed by atoms with Crippen LogP contribution in [0.15, 0.2) is 12.1 Å². The topological polar surface area (TPSA) is 62.1 Å². The van der Waals surface area contributed by atoms with Gasteiger partial charge in [0.1, 0.15) is 11.5 Å². The van der Waals surface area contributed by atoms with Crippen LogP contribution in [0, 0.1) is 5.82 Å². The van der Waals surface area contributed by atoms with Crippen LogP contribution in [0.4, 0.5) is 4.39 Å². The molecular weight excluding hydrogens is 316 g/mol. The molecular formula is C14H14Cl2FN3O. The summed E-state index contributed by atoms with van der Waals surface area (Å²) in [6.45, 7) is 1.18. The zero-order valence-electron chi connectivity index (χ0n) is 11.1. The Balaban J connectivity index is 1.99. The van der Waals surface area contributed by atoms with Gasteiger partial charge in [0.15, 0.2) is 0 Å². The van der Waals surface area contributed by atoms with E-state index in [2.05, 4.69) is 4.98 Å². The van der Waals surface area contributed by atoms with Crippen molar-refractivity contribution in [3.05, 3.63) is 33.7 Å². The van der Waals surface area contributed by atoms with Crippen LogP contribution in [0.25, 0.3) is 10.9 Å². The van der Waals surface area contributed by atoms with E-state index in [1.807, 2.05) is 0 Å². The lowest BCUT2D eigenvalue weighted by atomic mass is 10.1. The van der Waals surface area contributed by atoms with Gasteiger partial charge in [-0.25, -0.2) is 4.39 Å². The van der Waals surface area contributed by atoms with E-state index < -0.39 is 5.82 Å². The first-order valence-electron chi connectivity index (χ1n) is 6.69. The monoisotopic (exact) mass is 329 g/mol. The molecule has 1 aliphatic rings. The van der Waals surface area contributed by atoms with Crippen molar-refractivity contribution in [1.29, 1.82) is 0 Å². The number of carbonyl (C=O) groups excluding carboxylic acids is 1.